The molecule has 0 radical (unpaired) electrons. The number of imide groups is 2. The Bertz CT molecular complexity index is 4690. The first-order valence-electron chi connectivity index (χ1n) is 33.3. The second-order valence-corrected chi connectivity index (χ2v) is 27.8. The Kier molecular flexibility index (Phi) is 17.0. The van der Waals surface area contributed by atoms with Gasteiger partial charge < -0.3 is 28.4 Å². The van der Waals surface area contributed by atoms with Crippen LogP contribution in [-0.2, 0) is 9.59 Å². The highest BCUT2D eigenvalue weighted by atomic mass is 16.5. The van der Waals surface area contributed by atoms with E-state index in [1.165, 1.54) is 0 Å². The Hall–Kier alpha value is -10.9. The Morgan fingerprint density at radius 2 is 0.561 bits per heavy atom. The molecule has 0 aromatic heterocycles. The van der Waals surface area contributed by atoms with Crippen molar-refractivity contribution in [1.82, 2.24) is 9.80 Å². The molecule has 14 nitrogen and oxygen atoms in total. The molecule has 0 aliphatic carbocycles. The molecule has 2 heterocycles. The first-order valence-corrected chi connectivity index (χ1v) is 33.3. The van der Waals surface area contributed by atoms with Gasteiger partial charge in [-0.15, -0.1) is 0 Å². The van der Waals surface area contributed by atoms with Crippen molar-refractivity contribution in [2.75, 3.05) is 0 Å². The molecule has 0 saturated carbocycles. The minimum Gasteiger partial charge on any atom is -0.456 e. The van der Waals surface area contributed by atoms with E-state index in [0.717, 1.165) is 76.6 Å². The van der Waals surface area contributed by atoms with E-state index in [-0.39, 0.29) is 92.2 Å². The van der Waals surface area contributed by atoms with Crippen LogP contribution in [0.25, 0.3) is 43.1 Å². The van der Waals surface area contributed by atoms with Gasteiger partial charge in [0.05, 0.1) is 22.3 Å². The highest BCUT2D eigenvalue weighted by molar-refractivity contribution is 6.45. The molecule has 0 bridgehead atoms. The molecule has 14 heteroatoms. The van der Waals surface area contributed by atoms with Gasteiger partial charge in [-0.3, -0.25) is 29.0 Å². The van der Waals surface area contributed by atoms with Gasteiger partial charge in [0.1, 0.15) is 69.6 Å². The number of aryl methyl sites for hydroxylation is 12. The minimum atomic E-state index is -1.42. The summed E-state index contributed by atoms with van der Waals surface area (Å²) in [6, 6.07) is 37.2. The van der Waals surface area contributed by atoms with Gasteiger partial charge in [0.2, 0.25) is 0 Å². The molecule has 0 saturated heterocycles. The van der Waals surface area contributed by atoms with Crippen molar-refractivity contribution in [2.45, 2.75) is 136 Å². The second-order valence-electron chi connectivity index (χ2n) is 27.8. The molecule has 11 aromatic carbocycles. The summed E-state index contributed by atoms with van der Waals surface area (Å²) in [6.07, 6.45) is 0.0965. The summed E-state index contributed by atoms with van der Waals surface area (Å²) in [5.74, 6) is -2.51. The van der Waals surface area contributed by atoms with Crippen LogP contribution >= 0.6 is 0 Å². The van der Waals surface area contributed by atoms with E-state index in [9.17, 15) is 0 Å². The number of hydrogen-bond donors (Lipinski definition) is 0. The molecule has 13 rings (SSSR count). The number of amides is 4. The van der Waals surface area contributed by atoms with Gasteiger partial charge in [0.15, 0.2) is 0 Å². The number of carbonyl (C=O) groups excluding carboxylic acids is 6. The van der Waals surface area contributed by atoms with Crippen molar-refractivity contribution in [3.05, 3.63) is 222 Å². The summed E-state index contributed by atoms with van der Waals surface area (Å²) in [5, 5.41) is 2.31. The summed E-state index contributed by atoms with van der Waals surface area (Å²) < 4.78 is 41.7. The first kappa shape index (κ1) is 65.8. The quantitative estimate of drug-likeness (QED) is 0.0263. The molecule has 2 atom stereocenters. The zero-order valence-electron chi connectivity index (χ0n) is 58.2. The van der Waals surface area contributed by atoms with Crippen molar-refractivity contribution in [1.29, 1.82) is 0 Å². The fourth-order valence-electron chi connectivity index (χ4n) is 14.0. The SMILES string of the molecule is Cc1ccc(Oc2cc3c4c(cc(Oc5ccc(C)cc5C)c5c6c(Oc7ccc(C)cc7C)cc7c8c(cc(Oc9ccc(C)cc9C)c(c2c45)c86)C(=O)N(C(CC(C)C)C(=O)Oc2ccc(C)c(C)c2)C7=O)C(=O)N(C(CC(C)C)C(=O)Oc2ccc(C)c(C)c2)C3=O)c(C)c1. The van der Waals surface area contributed by atoms with Crippen LogP contribution in [0.15, 0.2) is 133 Å². The van der Waals surface area contributed by atoms with Crippen LogP contribution in [0.5, 0.6) is 57.5 Å². The number of carbonyl (C=O) groups is 6. The average Bonchev–Trinajstić information content (AvgIpc) is 0.671. The van der Waals surface area contributed by atoms with E-state index in [0.29, 0.717) is 55.3 Å². The van der Waals surface area contributed by atoms with Crippen LogP contribution in [0.3, 0.4) is 0 Å². The number of ether oxygens (including phenoxy) is 6. The lowest BCUT2D eigenvalue weighted by atomic mass is 9.80. The molecule has 98 heavy (non-hydrogen) atoms. The third kappa shape index (κ3) is 11.7. The van der Waals surface area contributed by atoms with E-state index in [1.54, 1.807) is 48.5 Å². The van der Waals surface area contributed by atoms with Crippen molar-refractivity contribution >= 4 is 78.7 Å². The molecule has 0 fully saturated rings. The molecule has 2 aliphatic rings. The lowest BCUT2D eigenvalue weighted by Gasteiger charge is -2.36. The van der Waals surface area contributed by atoms with Gasteiger partial charge >= 0.3 is 11.9 Å². The Morgan fingerprint density at radius 3 is 0.796 bits per heavy atom. The Balaban J connectivity index is 1.20. The predicted molar refractivity (Wildman–Crippen MR) is 382 cm³/mol. The third-order valence-corrected chi connectivity index (χ3v) is 19.1. The third-order valence-electron chi connectivity index (χ3n) is 19.1. The molecule has 2 aliphatic heterocycles. The van der Waals surface area contributed by atoms with Gasteiger partial charge in [-0.1, -0.05) is 111 Å². The van der Waals surface area contributed by atoms with Crippen LogP contribution in [0.1, 0.15) is 149 Å². The first-order chi connectivity index (χ1) is 46.6. The van der Waals surface area contributed by atoms with Gasteiger partial charge in [-0.05, 0) is 225 Å². The van der Waals surface area contributed by atoms with Crippen molar-refractivity contribution in [2.24, 2.45) is 11.8 Å². The van der Waals surface area contributed by atoms with Crippen molar-refractivity contribution in [3.63, 3.8) is 0 Å². The summed E-state index contributed by atoms with van der Waals surface area (Å²) >= 11 is 0. The average molecular weight is 1310 g/mol. The van der Waals surface area contributed by atoms with Gasteiger partial charge in [0, 0.05) is 43.1 Å². The number of esters is 2. The zero-order valence-corrected chi connectivity index (χ0v) is 58.2. The number of benzene rings is 11. The smallest absolute Gasteiger partial charge is 0.334 e. The van der Waals surface area contributed by atoms with Crippen LogP contribution in [0, 0.1) is 94.9 Å². The van der Waals surface area contributed by atoms with E-state index >= 15 is 28.8 Å². The van der Waals surface area contributed by atoms with E-state index in [1.807, 2.05) is 196 Å². The second kappa shape index (κ2) is 25.3. The minimum absolute atomic E-state index is 0.0257. The van der Waals surface area contributed by atoms with Gasteiger partial charge in [0.25, 0.3) is 23.6 Å². The highest BCUT2D eigenvalue weighted by Gasteiger charge is 2.47. The van der Waals surface area contributed by atoms with Crippen LogP contribution in [-0.4, -0.2) is 57.5 Å². The molecule has 0 spiro atoms. The predicted octanol–water partition coefficient (Wildman–Crippen LogP) is 19.8. The fourth-order valence-corrected chi connectivity index (χ4v) is 14.0. The summed E-state index contributed by atoms with van der Waals surface area (Å²) in [6.45, 7) is 30.9. The lowest BCUT2D eigenvalue weighted by molar-refractivity contribution is -0.140. The molecule has 496 valence electrons. The normalized spacial score (nSPS) is 13.6. The number of rotatable bonds is 18. The van der Waals surface area contributed by atoms with Crippen molar-refractivity contribution in [3.8, 4) is 57.5 Å². The molecular weight excluding hydrogens is 1230 g/mol. The van der Waals surface area contributed by atoms with Crippen molar-refractivity contribution < 1.29 is 57.2 Å². The topological polar surface area (TPSA) is 164 Å². The monoisotopic (exact) mass is 1310 g/mol. The fraction of sp³-hybridized carbons (Fsp3) is 0.262. The Morgan fingerprint density at radius 1 is 0.296 bits per heavy atom. The van der Waals surface area contributed by atoms with E-state index < -0.39 is 47.7 Å². The molecule has 2 unspecified atom stereocenters. The molecule has 4 amide bonds. The maximum atomic E-state index is 16.4. The maximum absolute atomic E-state index is 16.4. The standard InChI is InChI=1S/C84H78N2O12/c1-41(2)29-61(83(91)93-55-23-21-47(9)49(11)35-55)85-79(87)57-37-67(95-63-25-17-43(5)31-51(63)13)73-75-69(97-65-27-19-45(7)33-53(65)15)39-59-72-60(82(90)86(81(59)89)62(30-42(3)4)84(92)94-56-24-22-48(10)50(12)36-56)40-70(98-66-28-20-46(8)34-54(66)16)76(78(72)75)74-68(38-58(80(85)88)71(57)77(73)74)96-64-26-18-44(6)32-52(64)14/h17-28,31-42,61-62H,29-30H2,1-16H3. The molecule has 11 aromatic rings. The summed E-state index contributed by atoms with van der Waals surface area (Å²) in [4.78, 5) is 97.6. The number of fused-ring (bicyclic) bond motifs is 2. The molecular formula is C84H78N2O12. The summed E-state index contributed by atoms with van der Waals surface area (Å²) in [7, 11) is 0. The zero-order chi connectivity index (χ0) is 69.8. The maximum Gasteiger partial charge on any atom is 0.334 e. The van der Waals surface area contributed by atoms with Crippen LogP contribution in [0.4, 0.5) is 0 Å². The number of hydrogen-bond acceptors (Lipinski definition) is 12. The van der Waals surface area contributed by atoms with Gasteiger partial charge in [-0.25, -0.2) is 9.59 Å². The van der Waals surface area contributed by atoms with E-state index in [2.05, 4.69) is 0 Å². The lowest BCUT2D eigenvalue weighted by Crippen LogP contribution is -2.52. The van der Waals surface area contributed by atoms with E-state index in [4.69, 9.17) is 28.4 Å². The van der Waals surface area contributed by atoms with Crippen LogP contribution < -0.4 is 28.4 Å². The molecule has 0 N–H and O–H groups in total. The highest BCUT2D eigenvalue weighted by Crippen LogP contribution is 2.59. The largest absolute Gasteiger partial charge is 0.456 e. The summed E-state index contributed by atoms with van der Waals surface area (Å²) in [5.41, 5.74) is 10.7. The van der Waals surface area contributed by atoms with Gasteiger partial charge in [-0.2, -0.15) is 0 Å². The number of nitrogens with zero attached hydrogens (tertiary/aromatic N) is 2. The van der Waals surface area contributed by atoms with Crippen LogP contribution in [0.2, 0.25) is 0 Å². The Labute approximate surface area is 570 Å².